The van der Waals surface area contributed by atoms with Crippen LogP contribution in [0.3, 0.4) is 0 Å². The van der Waals surface area contributed by atoms with Crippen LogP contribution in [-0.4, -0.2) is 71.6 Å². The van der Waals surface area contributed by atoms with E-state index in [1.807, 2.05) is 12.1 Å². The molecular formula is C21H23ClN6O3. The Morgan fingerprint density at radius 3 is 2.58 bits per heavy atom. The van der Waals surface area contributed by atoms with Crippen molar-refractivity contribution in [1.29, 1.82) is 0 Å². The number of carbonyl (C=O) groups is 1. The molecular weight excluding hydrogens is 420 g/mol. The third-order valence-corrected chi connectivity index (χ3v) is 5.25. The molecule has 2 aromatic heterocycles. The van der Waals surface area contributed by atoms with Crippen molar-refractivity contribution in [2.45, 2.75) is 6.42 Å². The van der Waals surface area contributed by atoms with Gasteiger partial charge in [-0.1, -0.05) is 16.8 Å². The molecule has 1 aliphatic heterocycles. The van der Waals surface area contributed by atoms with Gasteiger partial charge in [-0.15, -0.1) is 0 Å². The zero-order chi connectivity index (χ0) is 21.6. The minimum Gasteiger partial charge on any atom is -0.459 e. The van der Waals surface area contributed by atoms with Gasteiger partial charge < -0.3 is 24.1 Å². The zero-order valence-corrected chi connectivity index (χ0v) is 17.9. The Balaban J connectivity index is 1.25. The number of rotatable bonds is 5. The number of amides is 1. The lowest BCUT2D eigenvalue weighted by atomic mass is 10.2. The first-order valence-corrected chi connectivity index (χ1v) is 10.4. The highest BCUT2D eigenvalue weighted by Crippen LogP contribution is 2.18. The summed E-state index contributed by atoms with van der Waals surface area (Å²) in [5.74, 6) is 2.15. The highest BCUT2D eigenvalue weighted by atomic mass is 35.5. The first-order chi connectivity index (χ1) is 15.1. The average molecular weight is 443 g/mol. The maximum absolute atomic E-state index is 12.4. The van der Waals surface area contributed by atoms with Crippen LogP contribution in [0, 0.1) is 0 Å². The lowest BCUT2D eigenvalue weighted by Crippen LogP contribution is -2.54. The summed E-state index contributed by atoms with van der Waals surface area (Å²) in [7, 11) is 1.74. The van der Waals surface area contributed by atoms with Crippen LogP contribution >= 0.6 is 11.6 Å². The van der Waals surface area contributed by atoms with E-state index in [9.17, 15) is 4.79 Å². The second-order valence-corrected chi connectivity index (χ2v) is 7.44. The van der Waals surface area contributed by atoms with E-state index in [0.717, 1.165) is 11.5 Å². The molecule has 0 unspecified atom stereocenters. The van der Waals surface area contributed by atoms with E-state index in [-0.39, 0.29) is 5.91 Å². The Labute approximate surface area is 184 Å². The van der Waals surface area contributed by atoms with Gasteiger partial charge in [0, 0.05) is 56.8 Å². The second-order valence-electron chi connectivity index (χ2n) is 7.00. The topological polar surface area (TPSA) is 100 Å². The molecule has 0 aliphatic carbocycles. The molecule has 3 aromatic rings. The van der Waals surface area contributed by atoms with Gasteiger partial charge in [-0.2, -0.15) is 4.98 Å². The predicted molar refractivity (Wildman–Crippen MR) is 116 cm³/mol. The minimum absolute atomic E-state index is 0.0829. The zero-order valence-electron chi connectivity index (χ0n) is 17.1. The fourth-order valence-corrected chi connectivity index (χ4v) is 3.49. The molecule has 162 valence electrons. The maximum Gasteiger partial charge on any atom is 0.289 e. The Bertz CT molecular complexity index is 1020. The summed E-state index contributed by atoms with van der Waals surface area (Å²) < 4.78 is 10.6. The second kappa shape index (κ2) is 9.65. The van der Waals surface area contributed by atoms with Crippen molar-refractivity contribution in [2.24, 2.45) is 4.99 Å². The van der Waals surface area contributed by atoms with Crippen LogP contribution in [0.5, 0.6) is 0 Å². The van der Waals surface area contributed by atoms with E-state index in [1.54, 1.807) is 36.2 Å². The summed E-state index contributed by atoms with van der Waals surface area (Å²) >= 11 is 5.92. The van der Waals surface area contributed by atoms with Crippen LogP contribution in [0.15, 0.2) is 56.6 Å². The Hall–Kier alpha value is -3.33. The third-order valence-electron chi connectivity index (χ3n) is 5.00. The Morgan fingerprint density at radius 1 is 1.16 bits per heavy atom. The number of piperazine rings is 1. The average Bonchev–Trinajstić information content (AvgIpc) is 3.50. The summed E-state index contributed by atoms with van der Waals surface area (Å²) in [6, 6.07) is 10.7. The van der Waals surface area contributed by atoms with Crippen molar-refractivity contribution in [1.82, 2.24) is 25.3 Å². The van der Waals surface area contributed by atoms with Gasteiger partial charge in [-0.25, -0.2) is 0 Å². The molecule has 0 bridgehead atoms. The smallest absolute Gasteiger partial charge is 0.289 e. The molecule has 0 atom stereocenters. The van der Waals surface area contributed by atoms with Gasteiger partial charge in [0.05, 0.1) is 6.26 Å². The molecule has 1 aliphatic rings. The molecule has 1 amide bonds. The molecule has 1 N–H and O–H groups in total. The highest BCUT2D eigenvalue weighted by Gasteiger charge is 2.25. The molecule has 10 heteroatoms. The molecule has 1 fully saturated rings. The van der Waals surface area contributed by atoms with E-state index in [0.29, 0.717) is 61.6 Å². The summed E-state index contributed by atoms with van der Waals surface area (Å²) in [4.78, 5) is 25.1. The number of guanidine groups is 1. The Kier molecular flexibility index (Phi) is 6.51. The predicted octanol–water partition coefficient (Wildman–Crippen LogP) is 2.56. The summed E-state index contributed by atoms with van der Waals surface area (Å²) in [5.41, 5.74) is 0.852. The van der Waals surface area contributed by atoms with E-state index in [1.165, 1.54) is 6.26 Å². The quantitative estimate of drug-likeness (QED) is 0.478. The number of aliphatic imine (C=N–C) groups is 1. The van der Waals surface area contributed by atoms with Crippen molar-refractivity contribution in [3.05, 3.63) is 59.3 Å². The number of halogens is 1. The van der Waals surface area contributed by atoms with E-state index >= 15 is 0 Å². The number of aromatic nitrogens is 2. The van der Waals surface area contributed by atoms with Crippen LogP contribution in [0.25, 0.3) is 11.4 Å². The number of hydrogen-bond donors (Lipinski definition) is 1. The molecule has 0 spiro atoms. The van der Waals surface area contributed by atoms with Gasteiger partial charge in [-0.3, -0.25) is 9.79 Å². The van der Waals surface area contributed by atoms with Crippen molar-refractivity contribution in [2.75, 3.05) is 39.8 Å². The van der Waals surface area contributed by atoms with E-state index in [2.05, 4.69) is 25.3 Å². The largest absolute Gasteiger partial charge is 0.459 e. The van der Waals surface area contributed by atoms with Crippen LogP contribution in [0.2, 0.25) is 5.02 Å². The number of furan rings is 1. The number of nitrogens with one attached hydrogen (secondary N) is 1. The molecule has 4 rings (SSSR count). The first kappa shape index (κ1) is 20.9. The van der Waals surface area contributed by atoms with Crippen molar-refractivity contribution in [3.8, 4) is 11.4 Å². The fraction of sp³-hybridized carbons (Fsp3) is 0.333. The van der Waals surface area contributed by atoms with Crippen molar-refractivity contribution >= 4 is 23.5 Å². The van der Waals surface area contributed by atoms with Crippen LogP contribution in [-0.2, 0) is 6.42 Å². The SMILES string of the molecule is CN=C(NCCc1nc(-c2ccc(Cl)cc2)no1)N1CCN(C(=O)c2ccco2)CC1. The molecule has 3 heterocycles. The van der Waals surface area contributed by atoms with Gasteiger partial charge in [0.15, 0.2) is 11.7 Å². The summed E-state index contributed by atoms with van der Waals surface area (Å²) in [5, 5.41) is 8.01. The Morgan fingerprint density at radius 2 is 1.90 bits per heavy atom. The number of nitrogens with zero attached hydrogens (tertiary/aromatic N) is 5. The van der Waals surface area contributed by atoms with E-state index < -0.39 is 0 Å². The van der Waals surface area contributed by atoms with Gasteiger partial charge in [-0.05, 0) is 36.4 Å². The van der Waals surface area contributed by atoms with E-state index in [4.69, 9.17) is 20.5 Å². The third kappa shape index (κ3) is 5.05. The standard InChI is InChI=1S/C21H23ClN6O3/c1-23-21(28-12-10-27(11-13-28)20(29)17-3-2-14-30-17)24-9-8-18-25-19(26-31-18)15-4-6-16(22)7-5-15/h2-7,14H,8-13H2,1H3,(H,23,24). The van der Waals surface area contributed by atoms with Crippen LogP contribution in [0.4, 0.5) is 0 Å². The minimum atomic E-state index is -0.0829. The lowest BCUT2D eigenvalue weighted by molar-refractivity contribution is 0.0657. The molecule has 1 aromatic carbocycles. The van der Waals surface area contributed by atoms with Crippen LogP contribution < -0.4 is 5.32 Å². The molecule has 9 nitrogen and oxygen atoms in total. The first-order valence-electron chi connectivity index (χ1n) is 10.0. The summed E-state index contributed by atoms with van der Waals surface area (Å²) in [6.45, 7) is 3.18. The summed E-state index contributed by atoms with van der Waals surface area (Å²) in [6.07, 6.45) is 2.08. The van der Waals surface area contributed by atoms with Crippen molar-refractivity contribution < 1.29 is 13.7 Å². The number of benzene rings is 1. The maximum atomic E-state index is 12.4. The monoisotopic (exact) mass is 442 g/mol. The van der Waals surface area contributed by atoms with Gasteiger partial charge in [0.1, 0.15) is 0 Å². The fourth-order valence-electron chi connectivity index (χ4n) is 3.36. The van der Waals surface area contributed by atoms with Gasteiger partial charge in [0.25, 0.3) is 5.91 Å². The molecule has 1 saturated heterocycles. The highest BCUT2D eigenvalue weighted by molar-refractivity contribution is 6.30. The molecule has 31 heavy (non-hydrogen) atoms. The normalized spacial score (nSPS) is 14.7. The van der Waals surface area contributed by atoms with Crippen molar-refractivity contribution in [3.63, 3.8) is 0 Å². The molecule has 0 saturated carbocycles. The number of carbonyl (C=O) groups excluding carboxylic acids is 1. The van der Waals surface area contributed by atoms with Crippen LogP contribution in [0.1, 0.15) is 16.4 Å². The lowest BCUT2D eigenvalue weighted by Gasteiger charge is -2.36. The molecule has 0 radical (unpaired) electrons. The van der Waals surface area contributed by atoms with Gasteiger partial charge >= 0.3 is 0 Å². The number of hydrogen-bond acceptors (Lipinski definition) is 6. The van der Waals surface area contributed by atoms with Gasteiger partial charge in [0.2, 0.25) is 11.7 Å².